The van der Waals surface area contributed by atoms with Crippen LogP contribution in [0.2, 0.25) is 0 Å². The Balaban J connectivity index is 1.36. The molecule has 0 radical (unpaired) electrons. The third-order valence-electron chi connectivity index (χ3n) is 4.04. The maximum absolute atomic E-state index is 12.5. The molecule has 1 aliphatic rings. The maximum Gasteiger partial charge on any atom is 0.263 e. The predicted molar refractivity (Wildman–Crippen MR) is 101 cm³/mol. The highest BCUT2D eigenvalue weighted by Crippen LogP contribution is 2.32. The van der Waals surface area contributed by atoms with Crippen molar-refractivity contribution in [1.29, 1.82) is 0 Å². The van der Waals surface area contributed by atoms with E-state index >= 15 is 0 Å². The molecule has 1 amide bonds. The number of carbonyl (C=O) groups excluding carboxylic acids is 1. The van der Waals surface area contributed by atoms with Crippen LogP contribution in [0.4, 0.5) is 0 Å². The van der Waals surface area contributed by atoms with Gasteiger partial charge in [0.2, 0.25) is 6.79 Å². The molecule has 4 rings (SSSR count). The molecular formula is C20H18N2O4S. The molecule has 1 aliphatic heterocycles. The standard InChI is InChI=1S/C20H18N2O4S/c1-13-19(27-18(22-13)11-24-15-5-3-2-4-6-15)20(23)21-10-14-7-8-16-17(9-14)26-12-25-16/h2-9H,10-12H2,1H3,(H,21,23). The average molecular weight is 382 g/mol. The largest absolute Gasteiger partial charge is 0.486 e. The number of aryl methyl sites for hydroxylation is 1. The van der Waals surface area contributed by atoms with E-state index in [0.29, 0.717) is 29.5 Å². The van der Waals surface area contributed by atoms with E-state index in [-0.39, 0.29) is 12.7 Å². The van der Waals surface area contributed by atoms with Crippen molar-refractivity contribution < 1.29 is 19.0 Å². The Kier molecular flexibility index (Phi) is 4.93. The number of fused-ring (bicyclic) bond motifs is 1. The van der Waals surface area contributed by atoms with Gasteiger partial charge in [0, 0.05) is 6.54 Å². The molecule has 6 nitrogen and oxygen atoms in total. The molecule has 7 heteroatoms. The minimum Gasteiger partial charge on any atom is -0.486 e. The summed E-state index contributed by atoms with van der Waals surface area (Å²) in [7, 11) is 0. The summed E-state index contributed by atoms with van der Waals surface area (Å²) in [5, 5.41) is 3.70. The van der Waals surface area contributed by atoms with E-state index < -0.39 is 0 Å². The Labute approximate surface area is 160 Å². The molecule has 138 valence electrons. The second-order valence-electron chi connectivity index (χ2n) is 5.99. The van der Waals surface area contributed by atoms with Gasteiger partial charge in [-0.05, 0) is 36.8 Å². The van der Waals surface area contributed by atoms with Gasteiger partial charge in [-0.25, -0.2) is 4.98 Å². The van der Waals surface area contributed by atoms with E-state index in [2.05, 4.69) is 10.3 Å². The van der Waals surface area contributed by atoms with E-state index in [1.807, 2.05) is 55.5 Å². The minimum absolute atomic E-state index is 0.145. The second kappa shape index (κ2) is 7.67. The van der Waals surface area contributed by atoms with Gasteiger partial charge in [0.25, 0.3) is 5.91 Å². The third-order valence-corrected chi connectivity index (χ3v) is 5.17. The Morgan fingerprint density at radius 1 is 1.19 bits per heavy atom. The van der Waals surface area contributed by atoms with Crippen LogP contribution in [0.15, 0.2) is 48.5 Å². The molecule has 0 spiro atoms. The van der Waals surface area contributed by atoms with Gasteiger partial charge in [-0.1, -0.05) is 24.3 Å². The number of hydrogen-bond acceptors (Lipinski definition) is 6. The highest BCUT2D eigenvalue weighted by Gasteiger charge is 2.17. The molecule has 0 unspecified atom stereocenters. The number of aromatic nitrogens is 1. The second-order valence-corrected chi connectivity index (χ2v) is 7.08. The fourth-order valence-electron chi connectivity index (χ4n) is 2.70. The minimum atomic E-state index is -0.145. The van der Waals surface area contributed by atoms with Crippen molar-refractivity contribution in [2.45, 2.75) is 20.1 Å². The molecule has 0 aliphatic carbocycles. The third kappa shape index (κ3) is 4.03. The summed E-state index contributed by atoms with van der Waals surface area (Å²) in [5.41, 5.74) is 1.65. The quantitative estimate of drug-likeness (QED) is 0.704. The van der Waals surface area contributed by atoms with E-state index in [9.17, 15) is 4.79 Å². The van der Waals surface area contributed by atoms with Crippen LogP contribution in [0.5, 0.6) is 17.2 Å². The summed E-state index contributed by atoms with van der Waals surface area (Å²) >= 11 is 1.35. The van der Waals surface area contributed by atoms with Crippen LogP contribution in [0.3, 0.4) is 0 Å². The van der Waals surface area contributed by atoms with Gasteiger partial charge in [0.1, 0.15) is 22.2 Å². The first-order chi connectivity index (χ1) is 13.2. The van der Waals surface area contributed by atoms with Crippen LogP contribution in [0.1, 0.15) is 25.9 Å². The predicted octanol–water partition coefficient (Wildman–Crippen LogP) is 3.69. The number of carbonyl (C=O) groups is 1. The van der Waals surface area contributed by atoms with Gasteiger partial charge in [0.15, 0.2) is 11.5 Å². The van der Waals surface area contributed by atoms with E-state index in [0.717, 1.165) is 22.1 Å². The van der Waals surface area contributed by atoms with E-state index in [1.54, 1.807) is 0 Å². The molecule has 0 bridgehead atoms. The number of rotatable bonds is 6. The Morgan fingerprint density at radius 3 is 2.85 bits per heavy atom. The number of para-hydroxylation sites is 1. The zero-order valence-corrected chi connectivity index (χ0v) is 15.5. The van der Waals surface area contributed by atoms with Crippen molar-refractivity contribution in [3.63, 3.8) is 0 Å². The first-order valence-electron chi connectivity index (χ1n) is 8.50. The molecular weight excluding hydrogens is 364 g/mol. The summed E-state index contributed by atoms with van der Waals surface area (Å²) in [4.78, 5) is 17.6. The molecule has 2 aromatic carbocycles. The van der Waals surface area contributed by atoms with Crippen LogP contribution >= 0.6 is 11.3 Å². The molecule has 2 heterocycles. The van der Waals surface area contributed by atoms with Gasteiger partial charge >= 0.3 is 0 Å². The number of benzene rings is 2. The lowest BCUT2D eigenvalue weighted by Crippen LogP contribution is -2.22. The first kappa shape index (κ1) is 17.4. The molecule has 1 aromatic heterocycles. The smallest absolute Gasteiger partial charge is 0.263 e. The van der Waals surface area contributed by atoms with Crippen LogP contribution in [-0.4, -0.2) is 17.7 Å². The molecule has 0 atom stereocenters. The number of nitrogens with one attached hydrogen (secondary N) is 1. The Bertz CT molecular complexity index is 956. The molecule has 0 saturated carbocycles. The van der Waals surface area contributed by atoms with Crippen LogP contribution < -0.4 is 19.5 Å². The summed E-state index contributed by atoms with van der Waals surface area (Å²) in [6.45, 7) is 2.81. The fourth-order valence-corrected chi connectivity index (χ4v) is 3.59. The number of nitrogens with zero attached hydrogens (tertiary/aromatic N) is 1. The van der Waals surface area contributed by atoms with Gasteiger partial charge < -0.3 is 19.5 Å². The van der Waals surface area contributed by atoms with Gasteiger partial charge in [-0.3, -0.25) is 4.79 Å². The summed E-state index contributed by atoms with van der Waals surface area (Å²) in [6, 6.07) is 15.2. The van der Waals surface area contributed by atoms with Crippen LogP contribution in [0.25, 0.3) is 0 Å². The zero-order chi connectivity index (χ0) is 18.6. The summed E-state index contributed by atoms with van der Waals surface area (Å²) in [5.74, 6) is 2.07. The lowest BCUT2D eigenvalue weighted by Gasteiger charge is -2.05. The Hall–Kier alpha value is -3.06. The maximum atomic E-state index is 12.5. The number of ether oxygens (including phenoxy) is 3. The highest BCUT2D eigenvalue weighted by atomic mass is 32.1. The average Bonchev–Trinajstić information content (AvgIpc) is 3.31. The topological polar surface area (TPSA) is 69.7 Å². The fraction of sp³-hybridized carbons (Fsp3) is 0.200. The lowest BCUT2D eigenvalue weighted by molar-refractivity contribution is 0.0954. The van der Waals surface area contributed by atoms with E-state index in [1.165, 1.54) is 11.3 Å². The SMILES string of the molecule is Cc1nc(COc2ccccc2)sc1C(=O)NCc1ccc2c(c1)OCO2. The normalized spacial score (nSPS) is 12.0. The molecule has 27 heavy (non-hydrogen) atoms. The highest BCUT2D eigenvalue weighted by molar-refractivity contribution is 7.13. The molecule has 1 N–H and O–H groups in total. The van der Waals surface area contributed by atoms with Crippen molar-refractivity contribution >= 4 is 17.2 Å². The molecule has 0 fully saturated rings. The summed E-state index contributed by atoms with van der Waals surface area (Å²) in [6.07, 6.45) is 0. The Morgan fingerprint density at radius 2 is 2.00 bits per heavy atom. The van der Waals surface area contributed by atoms with Gasteiger partial charge in [-0.2, -0.15) is 0 Å². The van der Waals surface area contributed by atoms with Crippen molar-refractivity contribution in [2.75, 3.05) is 6.79 Å². The van der Waals surface area contributed by atoms with Crippen molar-refractivity contribution in [3.8, 4) is 17.2 Å². The van der Waals surface area contributed by atoms with Crippen molar-refractivity contribution in [1.82, 2.24) is 10.3 Å². The number of thiazole rings is 1. The molecule has 3 aromatic rings. The number of hydrogen-bond donors (Lipinski definition) is 1. The van der Waals surface area contributed by atoms with Crippen molar-refractivity contribution in [3.05, 3.63) is 69.7 Å². The summed E-state index contributed by atoms with van der Waals surface area (Å²) < 4.78 is 16.4. The zero-order valence-electron chi connectivity index (χ0n) is 14.7. The van der Waals surface area contributed by atoms with Crippen LogP contribution in [0, 0.1) is 6.92 Å². The van der Waals surface area contributed by atoms with Crippen molar-refractivity contribution in [2.24, 2.45) is 0 Å². The van der Waals surface area contributed by atoms with E-state index in [4.69, 9.17) is 14.2 Å². The van der Waals surface area contributed by atoms with Crippen LogP contribution in [-0.2, 0) is 13.2 Å². The van der Waals surface area contributed by atoms with Gasteiger partial charge in [0.05, 0.1) is 5.69 Å². The number of amides is 1. The lowest BCUT2D eigenvalue weighted by atomic mass is 10.2. The van der Waals surface area contributed by atoms with Gasteiger partial charge in [-0.15, -0.1) is 11.3 Å². The monoisotopic (exact) mass is 382 g/mol. The first-order valence-corrected chi connectivity index (χ1v) is 9.31. The molecule has 0 saturated heterocycles.